The van der Waals surface area contributed by atoms with Crippen molar-refractivity contribution < 1.29 is 8.78 Å². The molecule has 0 radical (unpaired) electrons. The first-order chi connectivity index (χ1) is 9.51. The number of anilines is 1. The fourth-order valence-electron chi connectivity index (χ4n) is 3.26. The fraction of sp³-hybridized carbons (Fsp3) is 0.500. The van der Waals surface area contributed by atoms with Gasteiger partial charge in [-0.2, -0.15) is 0 Å². The molecule has 4 N–H and O–H groups in total. The lowest BCUT2D eigenvalue weighted by molar-refractivity contribution is 0.124. The standard InChI is InChI=1S/C14H17F2N3S/c15-9-3-4-14(8(5-9)7-20-13(18)19-14)11-6-10(17)1-2-12(11)16/h1-2,6,8-9H,3-5,7,17H2,(H2,18,19). The Kier molecular flexibility index (Phi) is 3.36. The molecule has 20 heavy (non-hydrogen) atoms. The third-order valence-electron chi connectivity index (χ3n) is 4.25. The molecule has 3 nitrogen and oxygen atoms in total. The highest BCUT2D eigenvalue weighted by atomic mass is 32.2. The fourth-order valence-corrected chi connectivity index (χ4v) is 4.27. The number of hydrogen-bond acceptors (Lipinski definition) is 4. The van der Waals surface area contributed by atoms with E-state index < -0.39 is 11.7 Å². The van der Waals surface area contributed by atoms with Crippen molar-refractivity contribution in [2.75, 3.05) is 11.5 Å². The van der Waals surface area contributed by atoms with Gasteiger partial charge in [-0.1, -0.05) is 11.8 Å². The van der Waals surface area contributed by atoms with Crippen molar-refractivity contribution in [3.63, 3.8) is 0 Å². The number of aliphatic imine (C=N–C) groups is 1. The van der Waals surface area contributed by atoms with Crippen LogP contribution in [0.1, 0.15) is 24.8 Å². The number of hydrogen-bond donors (Lipinski definition) is 2. The molecule has 1 saturated carbocycles. The number of nitrogens with two attached hydrogens (primary N) is 2. The van der Waals surface area contributed by atoms with Crippen LogP contribution in [0.2, 0.25) is 0 Å². The molecular formula is C14H17F2N3S. The SMILES string of the molecule is NC1=NC2(c3cc(N)ccc3F)CCC(F)CC2CS1. The van der Waals surface area contributed by atoms with Crippen LogP contribution in [-0.4, -0.2) is 17.1 Å². The molecule has 0 amide bonds. The number of rotatable bonds is 1. The minimum atomic E-state index is -0.840. The molecule has 0 bridgehead atoms. The largest absolute Gasteiger partial charge is 0.399 e. The van der Waals surface area contributed by atoms with Crippen molar-refractivity contribution in [2.24, 2.45) is 16.6 Å². The van der Waals surface area contributed by atoms with E-state index in [2.05, 4.69) is 4.99 Å². The number of amidine groups is 1. The summed E-state index contributed by atoms with van der Waals surface area (Å²) < 4.78 is 28.0. The van der Waals surface area contributed by atoms with Gasteiger partial charge in [0.2, 0.25) is 0 Å². The second-order valence-corrected chi connectivity index (χ2v) is 6.53. The molecule has 3 unspecified atom stereocenters. The van der Waals surface area contributed by atoms with E-state index in [1.807, 2.05) is 0 Å². The molecule has 2 aliphatic rings. The van der Waals surface area contributed by atoms with E-state index in [-0.39, 0.29) is 11.7 Å². The molecule has 1 aromatic carbocycles. The summed E-state index contributed by atoms with van der Waals surface area (Å²) in [6, 6.07) is 4.50. The van der Waals surface area contributed by atoms with Gasteiger partial charge < -0.3 is 11.5 Å². The Morgan fingerprint density at radius 2 is 2.15 bits per heavy atom. The summed E-state index contributed by atoms with van der Waals surface area (Å²) in [5.74, 6) is 0.286. The molecule has 0 aromatic heterocycles. The zero-order valence-corrected chi connectivity index (χ0v) is 11.8. The lowest BCUT2D eigenvalue weighted by Gasteiger charge is -2.45. The van der Waals surface area contributed by atoms with Crippen molar-refractivity contribution >= 4 is 22.6 Å². The monoisotopic (exact) mass is 297 g/mol. The van der Waals surface area contributed by atoms with Gasteiger partial charge in [-0.25, -0.2) is 8.78 Å². The second kappa shape index (κ2) is 4.91. The van der Waals surface area contributed by atoms with Crippen molar-refractivity contribution in [2.45, 2.75) is 31.0 Å². The van der Waals surface area contributed by atoms with Crippen LogP contribution in [-0.2, 0) is 5.54 Å². The molecule has 3 rings (SSSR count). The summed E-state index contributed by atoms with van der Waals surface area (Å²) in [4.78, 5) is 4.54. The number of fused-ring (bicyclic) bond motifs is 1. The van der Waals surface area contributed by atoms with Crippen LogP contribution in [0.15, 0.2) is 23.2 Å². The summed E-state index contributed by atoms with van der Waals surface area (Å²) in [7, 11) is 0. The molecular weight excluding hydrogens is 280 g/mol. The van der Waals surface area contributed by atoms with Crippen LogP contribution in [0.3, 0.4) is 0 Å². The first-order valence-electron chi connectivity index (χ1n) is 6.69. The number of halogens is 2. The van der Waals surface area contributed by atoms with Crippen molar-refractivity contribution in [1.82, 2.24) is 0 Å². The van der Waals surface area contributed by atoms with Crippen LogP contribution in [0, 0.1) is 11.7 Å². The molecule has 0 spiro atoms. The summed E-state index contributed by atoms with van der Waals surface area (Å²) in [6.45, 7) is 0. The van der Waals surface area contributed by atoms with Crippen molar-refractivity contribution in [1.29, 1.82) is 0 Å². The van der Waals surface area contributed by atoms with Crippen molar-refractivity contribution in [3.8, 4) is 0 Å². The summed E-state index contributed by atoms with van der Waals surface area (Å²) in [5, 5.41) is 0.445. The maximum atomic E-state index is 14.3. The van der Waals surface area contributed by atoms with Gasteiger partial charge in [0.1, 0.15) is 12.0 Å². The Morgan fingerprint density at radius 1 is 1.35 bits per heavy atom. The number of thioether (sulfide) groups is 1. The Bertz CT molecular complexity index is 563. The topological polar surface area (TPSA) is 64.4 Å². The molecule has 1 aliphatic heterocycles. The van der Waals surface area contributed by atoms with Gasteiger partial charge in [0.15, 0.2) is 5.17 Å². The maximum Gasteiger partial charge on any atom is 0.154 e. The highest BCUT2D eigenvalue weighted by molar-refractivity contribution is 8.13. The van der Waals surface area contributed by atoms with Crippen LogP contribution >= 0.6 is 11.8 Å². The van der Waals surface area contributed by atoms with Crippen LogP contribution in [0.4, 0.5) is 14.5 Å². The van der Waals surface area contributed by atoms with E-state index in [1.54, 1.807) is 6.07 Å². The van der Waals surface area contributed by atoms with Gasteiger partial charge in [0.05, 0.1) is 5.54 Å². The highest BCUT2D eigenvalue weighted by Gasteiger charge is 2.48. The molecule has 0 saturated heterocycles. The Hall–Kier alpha value is -1.30. The molecule has 3 atom stereocenters. The van der Waals surface area contributed by atoms with E-state index in [4.69, 9.17) is 11.5 Å². The first kappa shape index (κ1) is 13.7. The van der Waals surface area contributed by atoms with Crippen molar-refractivity contribution in [3.05, 3.63) is 29.6 Å². The van der Waals surface area contributed by atoms with Gasteiger partial charge in [-0.05, 0) is 37.5 Å². The Balaban J connectivity index is 2.14. The third kappa shape index (κ3) is 2.16. The van der Waals surface area contributed by atoms with E-state index >= 15 is 0 Å². The quantitative estimate of drug-likeness (QED) is 0.783. The molecule has 1 aliphatic carbocycles. The lowest BCUT2D eigenvalue weighted by Crippen LogP contribution is -2.45. The van der Waals surface area contributed by atoms with Crippen LogP contribution in [0.5, 0.6) is 0 Å². The molecule has 6 heteroatoms. The summed E-state index contributed by atoms with van der Waals surface area (Å²) in [6.07, 6.45) is 0.414. The minimum Gasteiger partial charge on any atom is -0.399 e. The second-order valence-electron chi connectivity index (χ2n) is 5.49. The van der Waals surface area contributed by atoms with E-state index in [0.717, 1.165) is 0 Å². The van der Waals surface area contributed by atoms with Gasteiger partial charge in [-0.15, -0.1) is 0 Å². The molecule has 1 heterocycles. The third-order valence-corrected chi connectivity index (χ3v) is 5.21. The summed E-state index contributed by atoms with van der Waals surface area (Å²) in [5.41, 5.74) is 11.8. The number of nitrogens with zero attached hydrogens (tertiary/aromatic N) is 1. The van der Waals surface area contributed by atoms with E-state index in [1.165, 1.54) is 23.9 Å². The minimum absolute atomic E-state index is 0.0418. The summed E-state index contributed by atoms with van der Waals surface area (Å²) >= 11 is 1.42. The smallest absolute Gasteiger partial charge is 0.154 e. The highest BCUT2D eigenvalue weighted by Crippen LogP contribution is 2.50. The van der Waals surface area contributed by atoms with E-state index in [9.17, 15) is 8.78 Å². The molecule has 1 aromatic rings. The molecule has 1 fully saturated rings. The van der Waals surface area contributed by atoms with Crippen LogP contribution < -0.4 is 11.5 Å². The van der Waals surface area contributed by atoms with Gasteiger partial charge >= 0.3 is 0 Å². The normalized spacial score (nSPS) is 33.4. The van der Waals surface area contributed by atoms with Gasteiger partial charge in [0.25, 0.3) is 0 Å². The zero-order chi connectivity index (χ0) is 14.3. The lowest BCUT2D eigenvalue weighted by atomic mass is 9.69. The predicted molar refractivity (Wildman–Crippen MR) is 78.8 cm³/mol. The first-order valence-corrected chi connectivity index (χ1v) is 7.67. The number of benzene rings is 1. The predicted octanol–water partition coefficient (Wildman–Crippen LogP) is 2.80. The number of alkyl halides is 1. The van der Waals surface area contributed by atoms with Gasteiger partial charge in [-0.3, -0.25) is 4.99 Å². The van der Waals surface area contributed by atoms with E-state index in [0.29, 0.717) is 41.4 Å². The Labute approximate surface area is 120 Å². The van der Waals surface area contributed by atoms with Gasteiger partial charge in [0, 0.05) is 22.9 Å². The number of nitrogen functional groups attached to an aromatic ring is 1. The van der Waals surface area contributed by atoms with Crippen LogP contribution in [0.25, 0.3) is 0 Å². The average molecular weight is 297 g/mol. The zero-order valence-electron chi connectivity index (χ0n) is 11.0. The Morgan fingerprint density at radius 3 is 2.95 bits per heavy atom. The molecule has 108 valence electrons. The average Bonchev–Trinajstić information content (AvgIpc) is 2.42. The maximum absolute atomic E-state index is 14.3.